The summed E-state index contributed by atoms with van der Waals surface area (Å²) in [5, 5.41) is 18.0. The summed E-state index contributed by atoms with van der Waals surface area (Å²) in [6.07, 6.45) is 5.08. The molecule has 4 aliphatic rings. The number of nitrogens with one attached hydrogen (secondary N) is 3. The van der Waals surface area contributed by atoms with Crippen LogP contribution in [-0.2, 0) is 14.8 Å². The van der Waals surface area contributed by atoms with Gasteiger partial charge in [0.1, 0.15) is 6.17 Å². The Kier molecular flexibility index (Phi) is 6.55. The first-order chi connectivity index (χ1) is 16.7. The average molecular weight is 501 g/mol. The number of rotatable bonds is 7. The van der Waals surface area contributed by atoms with Crippen molar-refractivity contribution in [3.63, 3.8) is 0 Å². The molecule has 3 aliphatic heterocycles. The zero-order chi connectivity index (χ0) is 24.8. The van der Waals surface area contributed by atoms with Gasteiger partial charge in [-0.1, -0.05) is 13.8 Å². The molecule has 4 fully saturated rings. The van der Waals surface area contributed by atoms with Crippen LogP contribution in [0.15, 0.2) is 29.2 Å². The number of carbonyl (C=O) groups excluding carboxylic acids is 1. The van der Waals surface area contributed by atoms with Crippen molar-refractivity contribution in [2.75, 3.05) is 25.0 Å². The van der Waals surface area contributed by atoms with Crippen LogP contribution in [-0.4, -0.2) is 61.5 Å². The zero-order valence-electron chi connectivity index (χ0n) is 20.5. The third-order valence-corrected chi connectivity index (χ3v) is 9.82. The second kappa shape index (κ2) is 9.36. The molecule has 3 N–H and O–H groups in total. The van der Waals surface area contributed by atoms with Crippen molar-refractivity contribution in [1.29, 1.82) is 5.26 Å². The van der Waals surface area contributed by atoms with E-state index in [1.165, 1.54) is 0 Å². The number of anilines is 1. The van der Waals surface area contributed by atoms with Gasteiger partial charge in [-0.2, -0.15) is 9.57 Å². The van der Waals surface area contributed by atoms with Crippen LogP contribution in [0, 0.1) is 28.6 Å². The molecule has 1 aromatic carbocycles. The van der Waals surface area contributed by atoms with Gasteiger partial charge in [0.15, 0.2) is 0 Å². The van der Waals surface area contributed by atoms with E-state index in [0.717, 1.165) is 37.8 Å². The number of piperidine rings is 2. The first-order valence-corrected chi connectivity index (χ1v) is 14.2. The summed E-state index contributed by atoms with van der Waals surface area (Å²) in [6, 6.07) is 9.30. The molecule has 3 saturated heterocycles. The molecule has 35 heavy (non-hydrogen) atoms. The van der Waals surface area contributed by atoms with Gasteiger partial charge in [-0.15, -0.1) is 0 Å². The lowest BCUT2D eigenvalue weighted by molar-refractivity contribution is -0.128. The van der Waals surface area contributed by atoms with Crippen molar-refractivity contribution in [1.82, 2.24) is 20.1 Å². The lowest BCUT2D eigenvalue weighted by Gasteiger charge is -2.37. The Morgan fingerprint density at radius 2 is 1.97 bits per heavy atom. The number of amides is 1. The molecule has 0 bridgehead atoms. The standard InChI is InChI=1S/C25H36N6O3S/c1-25(2)12-3-15-30(16-25)35(33,34)19-8-6-18(7-9-19)28-23-22-21(11-14-27-24(22)32)31(29-23)20(10-13-26)17-4-5-17/h6-9,17,20-23,28-29H,3-5,10-12,14-16H2,1-2H3,(H,27,32)/t20-,21?,22?,23?/m0/s1. The van der Waals surface area contributed by atoms with E-state index < -0.39 is 10.0 Å². The predicted molar refractivity (Wildman–Crippen MR) is 132 cm³/mol. The lowest BCUT2D eigenvalue weighted by Crippen LogP contribution is -2.52. The molecule has 4 atom stereocenters. The van der Waals surface area contributed by atoms with Gasteiger partial charge in [0.25, 0.3) is 0 Å². The molecule has 1 saturated carbocycles. The van der Waals surface area contributed by atoms with Gasteiger partial charge in [-0.25, -0.2) is 18.9 Å². The molecule has 3 unspecified atom stereocenters. The molecule has 0 radical (unpaired) electrons. The van der Waals surface area contributed by atoms with Crippen LogP contribution >= 0.6 is 0 Å². The number of sulfonamides is 1. The summed E-state index contributed by atoms with van der Waals surface area (Å²) in [6.45, 7) is 5.93. The van der Waals surface area contributed by atoms with E-state index in [9.17, 15) is 18.5 Å². The van der Waals surface area contributed by atoms with Crippen molar-refractivity contribution >= 4 is 21.6 Å². The Morgan fingerprint density at radius 3 is 2.63 bits per heavy atom. The topological polar surface area (TPSA) is 118 Å². The highest BCUT2D eigenvalue weighted by Crippen LogP contribution is 2.41. The summed E-state index contributed by atoms with van der Waals surface area (Å²) in [7, 11) is -3.55. The van der Waals surface area contributed by atoms with Crippen molar-refractivity contribution in [2.24, 2.45) is 17.3 Å². The minimum Gasteiger partial charge on any atom is -0.368 e. The predicted octanol–water partition coefficient (Wildman–Crippen LogP) is 2.25. The molecular weight excluding hydrogens is 464 g/mol. The maximum atomic E-state index is 13.2. The molecule has 1 aromatic rings. The number of hydrogen-bond donors (Lipinski definition) is 3. The second-order valence-corrected chi connectivity index (χ2v) is 13.2. The SMILES string of the molecule is CC1(C)CCCN(S(=O)(=O)c2ccc(NC3NN([C@@H](CC#N)C4CC4)C4CCNC(=O)C34)cc2)C1. The number of nitrogens with zero attached hydrogens (tertiary/aromatic N) is 3. The molecule has 5 rings (SSSR count). The van der Waals surface area contributed by atoms with Gasteiger partial charge in [0.05, 0.1) is 23.3 Å². The van der Waals surface area contributed by atoms with Crippen LogP contribution in [0.5, 0.6) is 0 Å². The number of nitriles is 1. The molecule has 10 heteroatoms. The average Bonchev–Trinajstić information content (AvgIpc) is 3.59. The van der Waals surface area contributed by atoms with E-state index in [0.29, 0.717) is 32.0 Å². The maximum absolute atomic E-state index is 13.2. The highest BCUT2D eigenvalue weighted by Gasteiger charge is 2.51. The van der Waals surface area contributed by atoms with Gasteiger partial charge >= 0.3 is 0 Å². The van der Waals surface area contributed by atoms with Crippen molar-refractivity contribution in [3.05, 3.63) is 24.3 Å². The van der Waals surface area contributed by atoms with Crippen LogP contribution in [0.3, 0.4) is 0 Å². The highest BCUT2D eigenvalue weighted by molar-refractivity contribution is 7.89. The van der Waals surface area contributed by atoms with Crippen LogP contribution in [0.1, 0.15) is 52.4 Å². The summed E-state index contributed by atoms with van der Waals surface area (Å²) in [4.78, 5) is 13.1. The van der Waals surface area contributed by atoms with E-state index in [1.807, 2.05) is 0 Å². The number of carbonyl (C=O) groups is 1. The fraction of sp³-hybridized carbons (Fsp3) is 0.680. The summed E-state index contributed by atoms with van der Waals surface area (Å²) in [5.74, 6) is 0.214. The molecule has 1 aliphatic carbocycles. The Morgan fingerprint density at radius 1 is 1.23 bits per heavy atom. The molecular formula is C25H36N6O3S. The number of hydrogen-bond acceptors (Lipinski definition) is 7. The summed E-state index contributed by atoms with van der Waals surface area (Å²) >= 11 is 0. The smallest absolute Gasteiger partial charge is 0.243 e. The molecule has 3 heterocycles. The van der Waals surface area contributed by atoms with Crippen LogP contribution < -0.4 is 16.1 Å². The van der Waals surface area contributed by atoms with Crippen LogP contribution in [0.2, 0.25) is 0 Å². The van der Waals surface area contributed by atoms with Crippen molar-refractivity contribution < 1.29 is 13.2 Å². The fourth-order valence-corrected chi connectivity index (χ4v) is 7.66. The van der Waals surface area contributed by atoms with Crippen molar-refractivity contribution in [3.8, 4) is 6.07 Å². The van der Waals surface area contributed by atoms with E-state index in [4.69, 9.17) is 0 Å². The first kappa shape index (κ1) is 24.5. The third kappa shape index (κ3) is 4.92. The molecule has 9 nitrogen and oxygen atoms in total. The zero-order valence-corrected chi connectivity index (χ0v) is 21.4. The quantitative estimate of drug-likeness (QED) is 0.526. The normalized spacial score (nSPS) is 30.2. The Hall–Kier alpha value is -2.19. The van der Waals surface area contributed by atoms with Gasteiger partial charge in [-0.05, 0) is 67.7 Å². The third-order valence-electron chi connectivity index (χ3n) is 7.96. The number of fused-ring (bicyclic) bond motifs is 1. The second-order valence-electron chi connectivity index (χ2n) is 11.2. The highest BCUT2D eigenvalue weighted by atomic mass is 32.2. The van der Waals surface area contributed by atoms with Gasteiger partial charge in [0.2, 0.25) is 15.9 Å². The van der Waals surface area contributed by atoms with Crippen LogP contribution in [0.4, 0.5) is 5.69 Å². The molecule has 0 aromatic heterocycles. The molecule has 190 valence electrons. The summed E-state index contributed by atoms with van der Waals surface area (Å²) in [5.41, 5.74) is 4.24. The van der Waals surface area contributed by atoms with Crippen molar-refractivity contribution in [2.45, 2.75) is 75.5 Å². The Labute approximate surface area is 208 Å². The molecule has 0 spiro atoms. The summed E-state index contributed by atoms with van der Waals surface area (Å²) < 4.78 is 28.0. The van der Waals surface area contributed by atoms with E-state index in [1.54, 1.807) is 28.6 Å². The number of hydrazine groups is 1. The first-order valence-electron chi connectivity index (χ1n) is 12.8. The minimum atomic E-state index is -3.55. The van der Waals surface area contributed by atoms with E-state index in [-0.39, 0.29) is 40.4 Å². The maximum Gasteiger partial charge on any atom is 0.243 e. The van der Waals surface area contributed by atoms with Gasteiger partial charge in [0, 0.05) is 37.4 Å². The number of benzene rings is 1. The minimum absolute atomic E-state index is 0.00663. The monoisotopic (exact) mass is 500 g/mol. The van der Waals surface area contributed by atoms with Crippen LogP contribution in [0.25, 0.3) is 0 Å². The lowest BCUT2D eigenvalue weighted by atomic mass is 9.85. The Bertz CT molecular complexity index is 1100. The van der Waals surface area contributed by atoms with Gasteiger partial charge < -0.3 is 10.6 Å². The van der Waals surface area contributed by atoms with Gasteiger partial charge in [-0.3, -0.25) is 4.79 Å². The largest absolute Gasteiger partial charge is 0.368 e. The van der Waals surface area contributed by atoms with E-state index >= 15 is 0 Å². The van der Waals surface area contributed by atoms with E-state index in [2.05, 4.69) is 41.0 Å². The molecule has 1 amide bonds. The Balaban J connectivity index is 1.32. The fourth-order valence-electron chi connectivity index (χ4n) is 5.99.